The number of aromatic nitrogens is 4. The Morgan fingerprint density at radius 1 is 1.32 bits per heavy atom. The maximum Gasteiger partial charge on any atom is 0.254 e. The monoisotopic (exact) mass is 259 g/mol. The van der Waals surface area contributed by atoms with Gasteiger partial charge in [-0.25, -0.2) is 4.98 Å². The van der Waals surface area contributed by atoms with E-state index in [4.69, 9.17) is 0 Å². The third-order valence-corrected chi connectivity index (χ3v) is 4.16. The van der Waals surface area contributed by atoms with E-state index in [1.807, 2.05) is 13.0 Å². The molecule has 1 aliphatic rings. The van der Waals surface area contributed by atoms with Crippen LogP contribution in [-0.4, -0.2) is 25.6 Å². The number of nitrogens with zero attached hydrogens (tertiary/aromatic N) is 4. The summed E-state index contributed by atoms with van der Waals surface area (Å²) in [7, 11) is 0. The predicted octanol–water partition coefficient (Wildman–Crippen LogP) is 2.81. The van der Waals surface area contributed by atoms with Gasteiger partial charge in [0.05, 0.1) is 0 Å². The summed E-state index contributed by atoms with van der Waals surface area (Å²) >= 11 is 0. The molecule has 1 aliphatic carbocycles. The van der Waals surface area contributed by atoms with Crippen LogP contribution in [0.5, 0.6) is 0 Å². The van der Waals surface area contributed by atoms with E-state index in [-0.39, 0.29) is 0 Å². The molecule has 102 valence electrons. The van der Waals surface area contributed by atoms with Crippen LogP contribution in [0, 0.1) is 12.8 Å². The molecule has 19 heavy (non-hydrogen) atoms. The smallest absolute Gasteiger partial charge is 0.254 e. The minimum absolute atomic E-state index is 0.553. The summed E-state index contributed by atoms with van der Waals surface area (Å²) in [6.45, 7) is 4.29. The molecular formula is C14H21N5. The number of fused-ring (bicyclic) bond motifs is 1. The molecule has 0 atom stereocenters. The SMILES string of the molecule is CCC1CCC(Nc2cc(C)nc3ncnn23)CC1. The van der Waals surface area contributed by atoms with Crippen molar-refractivity contribution in [3.63, 3.8) is 0 Å². The summed E-state index contributed by atoms with van der Waals surface area (Å²) in [4.78, 5) is 8.52. The first kappa shape index (κ1) is 12.4. The highest BCUT2D eigenvalue weighted by molar-refractivity contribution is 5.45. The molecule has 0 aromatic carbocycles. The summed E-state index contributed by atoms with van der Waals surface area (Å²) in [5.74, 6) is 2.60. The van der Waals surface area contributed by atoms with E-state index in [1.54, 1.807) is 10.8 Å². The van der Waals surface area contributed by atoms with Crippen LogP contribution < -0.4 is 5.32 Å². The molecule has 0 radical (unpaired) electrons. The van der Waals surface area contributed by atoms with E-state index in [1.165, 1.54) is 32.1 Å². The van der Waals surface area contributed by atoms with Gasteiger partial charge in [0, 0.05) is 17.8 Å². The molecule has 0 bridgehead atoms. The Morgan fingerprint density at radius 2 is 2.11 bits per heavy atom. The van der Waals surface area contributed by atoms with Crippen LogP contribution in [0.1, 0.15) is 44.7 Å². The highest BCUT2D eigenvalue weighted by atomic mass is 15.4. The Bertz CT molecular complexity index is 554. The molecular weight excluding hydrogens is 238 g/mol. The Labute approximate surface area is 113 Å². The number of rotatable bonds is 3. The second-order valence-corrected chi connectivity index (χ2v) is 5.52. The summed E-state index contributed by atoms with van der Waals surface area (Å²) in [5.41, 5.74) is 0.977. The van der Waals surface area contributed by atoms with Crippen molar-refractivity contribution in [1.29, 1.82) is 0 Å². The fourth-order valence-corrected chi connectivity index (χ4v) is 2.96. The third-order valence-electron chi connectivity index (χ3n) is 4.16. The van der Waals surface area contributed by atoms with Crippen LogP contribution in [0.15, 0.2) is 12.4 Å². The first-order valence-electron chi connectivity index (χ1n) is 7.20. The second kappa shape index (κ2) is 5.15. The number of hydrogen-bond donors (Lipinski definition) is 1. The average molecular weight is 259 g/mol. The fourth-order valence-electron chi connectivity index (χ4n) is 2.96. The van der Waals surface area contributed by atoms with Gasteiger partial charge in [-0.3, -0.25) is 0 Å². The van der Waals surface area contributed by atoms with Gasteiger partial charge < -0.3 is 5.32 Å². The standard InChI is InChI=1S/C14H21N5/c1-3-11-4-6-12(7-5-11)18-13-8-10(2)17-14-15-9-16-19(13)14/h8-9,11-12,18H,3-7H2,1-2H3. The first-order valence-corrected chi connectivity index (χ1v) is 7.20. The van der Waals surface area contributed by atoms with Gasteiger partial charge in [-0.15, -0.1) is 0 Å². The van der Waals surface area contributed by atoms with Gasteiger partial charge in [0.25, 0.3) is 5.78 Å². The van der Waals surface area contributed by atoms with Crippen LogP contribution >= 0.6 is 0 Å². The van der Waals surface area contributed by atoms with Crippen LogP contribution in [0.2, 0.25) is 0 Å². The van der Waals surface area contributed by atoms with Gasteiger partial charge in [-0.1, -0.05) is 13.3 Å². The van der Waals surface area contributed by atoms with Crippen molar-refractivity contribution in [2.75, 3.05) is 5.32 Å². The lowest BCUT2D eigenvalue weighted by Gasteiger charge is -2.29. The van der Waals surface area contributed by atoms with Crippen LogP contribution in [0.3, 0.4) is 0 Å². The molecule has 0 spiro atoms. The molecule has 0 unspecified atom stereocenters. The van der Waals surface area contributed by atoms with Crippen molar-refractivity contribution in [1.82, 2.24) is 19.6 Å². The molecule has 5 nitrogen and oxygen atoms in total. The van der Waals surface area contributed by atoms with Crippen LogP contribution in [0.25, 0.3) is 5.78 Å². The topological polar surface area (TPSA) is 55.1 Å². The highest BCUT2D eigenvalue weighted by Gasteiger charge is 2.20. The molecule has 2 aromatic heterocycles. The maximum atomic E-state index is 4.36. The number of hydrogen-bond acceptors (Lipinski definition) is 4. The van der Waals surface area contributed by atoms with Gasteiger partial charge in [-0.05, 0) is 38.5 Å². The number of anilines is 1. The normalized spacial score (nSPS) is 23.7. The van der Waals surface area contributed by atoms with E-state index in [9.17, 15) is 0 Å². The van der Waals surface area contributed by atoms with Gasteiger partial charge in [0.2, 0.25) is 0 Å². The quantitative estimate of drug-likeness (QED) is 0.921. The lowest BCUT2D eigenvalue weighted by atomic mass is 9.84. The molecule has 2 aromatic rings. The maximum absolute atomic E-state index is 4.36. The van der Waals surface area contributed by atoms with E-state index in [0.29, 0.717) is 11.8 Å². The molecule has 1 saturated carbocycles. The van der Waals surface area contributed by atoms with Crippen molar-refractivity contribution in [2.24, 2.45) is 5.92 Å². The van der Waals surface area contributed by atoms with Gasteiger partial charge in [-0.2, -0.15) is 14.6 Å². The Balaban J connectivity index is 1.76. The summed E-state index contributed by atoms with van der Waals surface area (Å²) in [6, 6.07) is 2.60. The molecule has 1 N–H and O–H groups in total. The highest BCUT2D eigenvalue weighted by Crippen LogP contribution is 2.28. The summed E-state index contributed by atoms with van der Waals surface area (Å²) in [6.07, 6.45) is 8.03. The Kier molecular flexibility index (Phi) is 3.36. The van der Waals surface area contributed by atoms with Crippen molar-refractivity contribution in [3.8, 4) is 0 Å². The van der Waals surface area contributed by atoms with Crippen LogP contribution in [0.4, 0.5) is 5.82 Å². The fraction of sp³-hybridized carbons (Fsp3) is 0.643. The van der Waals surface area contributed by atoms with Crippen molar-refractivity contribution in [3.05, 3.63) is 18.1 Å². The van der Waals surface area contributed by atoms with Gasteiger partial charge >= 0.3 is 0 Å². The molecule has 0 amide bonds. The average Bonchev–Trinajstić information content (AvgIpc) is 2.88. The lowest BCUT2D eigenvalue weighted by molar-refractivity contribution is 0.329. The summed E-state index contributed by atoms with van der Waals surface area (Å²) < 4.78 is 1.79. The lowest BCUT2D eigenvalue weighted by Crippen LogP contribution is -2.27. The Hall–Kier alpha value is -1.65. The zero-order valence-electron chi connectivity index (χ0n) is 11.6. The molecule has 1 fully saturated rings. The first-order chi connectivity index (χ1) is 9.26. The molecule has 0 aliphatic heterocycles. The molecule has 5 heteroatoms. The minimum atomic E-state index is 0.553. The van der Waals surface area contributed by atoms with Crippen molar-refractivity contribution < 1.29 is 0 Å². The van der Waals surface area contributed by atoms with E-state index in [0.717, 1.165) is 17.4 Å². The number of nitrogens with one attached hydrogen (secondary N) is 1. The minimum Gasteiger partial charge on any atom is -0.367 e. The van der Waals surface area contributed by atoms with E-state index >= 15 is 0 Å². The second-order valence-electron chi connectivity index (χ2n) is 5.52. The van der Waals surface area contributed by atoms with Crippen molar-refractivity contribution >= 4 is 11.6 Å². The predicted molar refractivity (Wildman–Crippen MR) is 75.2 cm³/mol. The zero-order valence-corrected chi connectivity index (χ0v) is 11.6. The van der Waals surface area contributed by atoms with Crippen molar-refractivity contribution in [2.45, 2.75) is 52.0 Å². The van der Waals surface area contributed by atoms with Gasteiger partial charge in [0.1, 0.15) is 12.1 Å². The molecule has 3 rings (SSSR count). The van der Waals surface area contributed by atoms with Gasteiger partial charge in [0.15, 0.2) is 0 Å². The van der Waals surface area contributed by atoms with E-state index < -0.39 is 0 Å². The van der Waals surface area contributed by atoms with Crippen LogP contribution in [-0.2, 0) is 0 Å². The third kappa shape index (κ3) is 2.55. The largest absolute Gasteiger partial charge is 0.367 e. The zero-order chi connectivity index (χ0) is 13.2. The number of aryl methyl sites for hydroxylation is 1. The van der Waals surface area contributed by atoms with E-state index in [2.05, 4.69) is 27.3 Å². The molecule has 0 saturated heterocycles. The summed E-state index contributed by atoms with van der Waals surface area (Å²) in [5, 5.41) is 7.85. The Morgan fingerprint density at radius 3 is 2.84 bits per heavy atom. The molecule has 2 heterocycles.